The predicted octanol–water partition coefficient (Wildman–Crippen LogP) is -0.305. The van der Waals surface area contributed by atoms with Gasteiger partial charge in [0, 0.05) is 12.3 Å². The van der Waals surface area contributed by atoms with Crippen molar-refractivity contribution in [2.45, 2.75) is 27.3 Å². The molecule has 0 spiro atoms. The number of carbonyl (C=O) groups is 2. The van der Waals surface area contributed by atoms with Gasteiger partial charge in [0.1, 0.15) is 5.41 Å². The lowest BCUT2D eigenvalue weighted by Gasteiger charge is -2.20. The van der Waals surface area contributed by atoms with E-state index in [0.29, 0.717) is 0 Å². The summed E-state index contributed by atoms with van der Waals surface area (Å²) in [5.41, 5.74) is -2.58. The molecule has 1 N–H and O–H groups in total. The molecule has 0 aromatic carbocycles. The Labute approximate surface area is 109 Å². The Morgan fingerprint density at radius 3 is 2.53 bits per heavy atom. The molecule has 0 bridgehead atoms. The van der Waals surface area contributed by atoms with Crippen LogP contribution < -0.4 is 11.2 Å². The average Bonchev–Trinajstić information content (AvgIpc) is 2.32. The maximum atomic E-state index is 12.0. The van der Waals surface area contributed by atoms with Crippen LogP contribution in [0, 0.1) is 5.41 Å². The number of esters is 1. The molecule has 0 radical (unpaired) electrons. The van der Waals surface area contributed by atoms with Gasteiger partial charge in [-0.05, 0) is 20.8 Å². The Kier molecular flexibility index (Phi) is 4.42. The Morgan fingerprint density at radius 1 is 1.37 bits per heavy atom. The third-order valence-corrected chi connectivity index (χ3v) is 2.69. The Balaban J connectivity index is 2.93. The third-order valence-electron chi connectivity index (χ3n) is 2.69. The van der Waals surface area contributed by atoms with Gasteiger partial charge in [0.15, 0.2) is 5.78 Å². The van der Waals surface area contributed by atoms with E-state index in [4.69, 9.17) is 4.74 Å². The van der Waals surface area contributed by atoms with Gasteiger partial charge >= 0.3 is 11.7 Å². The largest absolute Gasteiger partial charge is 0.465 e. The van der Waals surface area contributed by atoms with Gasteiger partial charge in [0.25, 0.3) is 5.56 Å². The van der Waals surface area contributed by atoms with E-state index in [0.717, 1.165) is 10.6 Å². The van der Waals surface area contributed by atoms with Gasteiger partial charge in [-0.15, -0.1) is 0 Å². The van der Waals surface area contributed by atoms with Gasteiger partial charge in [-0.2, -0.15) is 0 Å². The number of Topliss-reactive ketones (excluding diaryl/α,β-unsaturated/α-hetero) is 1. The number of aromatic nitrogens is 2. The minimum Gasteiger partial charge on any atom is -0.465 e. The second-order valence-electron chi connectivity index (χ2n) is 4.51. The molecule has 0 fully saturated rings. The lowest BCUT2D eigenvalue weighted by Crippen LogP contribution is -2.40. The van der Waals surface area contributed by atoms with Gasteiger partial charge in [-0.3, -0.25) is 23.9 Å². The van der Waals surface area contributed by atoms with Crippen LogP contribution in [0.3, 0.4) is 0 Å². The van der Waals surface area contributed by atoms with Crippen LogP contribution in [0.2, 0.25) is 0 Å². The van der Waals surface area contributed by atoms with Crippen molar-refractivity contribution in [1.29, 1.82) is 0 Å². The molecule has 7 nitrogen and oxygen atoms in total. The normalized spacial score (nSPS) is 11.1. The summed E-state index contributed by atoms with van der Waals surface area (Å²) in [7, 11) is 0. The standard InChI is InChI=1S/C12H16N2O5/c1-4-19-10(17)12(2,3)8(15)7-14-6-5-9(16)13-11(14)18/h5-6H,4,7H2,1-3H3,(H,13,16,18). The van der Waals surface area contributed by atoms with E-state index in [1.54, 1.807) is 6.92 Å². The van der Waals surface area contributed by atoms with Crippen molar-refractivity contribution in [2.24, 2.45) is 5.41 Å². The van der Waals surface area contributed by atoms with Crippen LogP contribution >= 0.6 is 0 Å². The smallest absolute Gasteiger partial charge is 0.328 e. The third kappa shape index (κ3) is 3.40. The zero-order valence-corrected chi connectivity index (χ0v) is 11.1. The molecule has 1 aromatic rings. The summed E-state index contributed by atoms with van der Waals surface area (Å²) < 4.78 is 5.84. The second kappa shape index (κ2) is 5.64. The van der Waals surface area contributed by atoms with Crippen LogP contribution in [0.5, 0.6) is 0 Å². The minimum absolute atomic E-state index is 0.175. The van der Waals surface area contributed by atoms with E-state index in [9.17, 15) is 19.2 Å². The molecule has 0 unspecified atom stereocenters. The fraction of sp³-hybridized carbons (Fsp3) is 0.500. The van der Waals surface area contributed by atoms with Crippen LogP contribution in [-0.2, 0) is 20.9 Å². The molecule has 1 aromatic heterocycles. The molecule has 1 rings (SSSR count). The summed E-state index contributed by atoms with van der Waals surface area (Å²) in [4.78, 5) is 48.0. The first-order chi connectivity index (χ1) is 8.78. The molecule has 0 aliphatic heterocycles. The fourth-order valence-corrected chi connectivity index (χ4v) is 1.35. The van der Waals surface area contributed by atoms with Crippen molar-refractivity contribution in [2.75, 3.05) is 6.61 Å². The van der Waals surface area contributed by atoms with Gasteiger partial charge in [0.2, 0.25) is 0 Å². The summed E-state index contributed by atoms with van der Waals surface area (Å²) in [5, 5.41) is 0. The molecular formula is C12H16N2O5. The highest BCUT2D eigenvalue weighted by molar-refractivity contribution is 6.02. The van der Waals surface area contributed by atoms with Gasteiger partial charge < -0.3 is 4.74 Å². The lowest BCUT2D eigenvalue weighted by molar-refractivity contribution is -0.158. The van der Waals surface area contributed by atoms with Crippen LogP contribution in [-0.4, -0.2) is 27.9 Å². The number of nitrogens with zero attached hydrogens (tertiary/aromatic N) is 1. The molecule has 0 aliphatic rings. The van der Waals surface area contributed by atoms with E-state index in [-0.39, 0.29) is 13.2 Å². The number of hydrogen-bond donors (Lipinski definition) is 1. The van der Waals surface area contributed by atoms with E-state index in [1.807, 2.05) is 4.98 Å². The Bertz CT molecular complexity index is 597. The highest BCUT2D eigenvalue weighted by Gasteiger charge is 2.37. The van der Waals surface area contributed by atoms with Gasteiger partial charge in [0.05, 0.1) is 13.2 Å². The van der Waals surface area contributed by atoms with Crippen molar-refractivity contribution in [3.63, 3.8) is 0 Å². The molecule has 0 atom stereocenters. The Morgan fingerprint density at radius 2 is 2.00 bits per heavy atom. The molecular weight excluding hydrogens is 252 g/mol. The summed E-state index contributed by atoms with van der Waals surface area (Å²) in [6, 6.07) is 1.13. The number of nitrogens with one attached hydrogen (secondary N) is 1. The van der Waals surface area contributed by atoms with E-state index in [1.165, 1.54) is 20.0 Å². The van der Waals surface area contributed by atoms with Crippen molar-refractivity contribution in [1.82, 2.24) is 9.55 Å². The zero-order chi connectivity index (χ0) is 14.6. The number of rotatable bonds is 5. The summed E-state index contributed by atoms with van der Waals surface area (Å²) in [6.07, 6.45) is 1.21. The lowest BCUT2D eigenvalue weighted by atomic mass is 9.88. The Hall–Kier alpha value is -2.18. The highest BCUT2D eigenvalue weighted by atomic mass is 16.5. The molecule has 1 heterocycles. The molecule has 19 heavy (non-hydrogen) atoms. The topological polar surface area (TPSA) is 98.2 Å². The van der Waals surface area contributed by atoms with E-state index >= 15 is 0 Å². The number of ether oxygens (including phenoxy) is 1. The number of aromatic amines is 1. The fourth-order valence-electron chi connectivity index (χ4n) is 1.35. The summed E-state index contributed by atoms with van der Waals surface area (Å²) >= 11 is 0. The van der Waals surface area contributed by atoms with Crippen molar-refractivity contribution in [3.05, 3.63) is 33.1 Å². The second-order valence-corrected chi connectivity index (χ2v) is 4.51. The van der Waals surface area contributed by atoms with E-state index < -0.39 is 28.4 Å². The average molecular weight is 268 g/mol. The monoisotopic (exact) mass is 268 g/mol. The minimum atomic E-state index is -1.34. The first kappa shape index (κ1) is 14.9. The summed E-state index contributed by atoms with van der Waals surface area (Å²) in [6.45, 7) is 4.38. The van der Waals surface area contributed by atoms with Crippen molar-refractivity contribution < 1.29 is 14.3 Å². The van der Waals surface area contributed by atoms with Crippen LogP contribution in [0.15, 0.2) is 21.9 Å². The van der Waals surface area contributed by atoms with Gasteiger partial charge in [-0.25, -0.2) is 4.79 Å². The maximum absolute atomic E-state index is 12.0. The predicted molar refractivity (Wildman–Crippen MR) is 66.7 cm³/mol. The van der Waals surface area contributed by atoms with Crippen LogP contribution in [0.1, 0.15) is 20.8 Å². The maximum Gasteiger partial charge on any atom is 0.328 e. The van der Waals surface area contributed by atoms with Gasteiger partial charge in [-0.1, -0.05) is 0 Å². The first-order valence-corrected chi connectivity index (χ1v) is 5.79. The quantitative estimate of drug-likeness (QED) is 0.583. The number of hydrogen-bond acceptors (Lipinski definition) is 5. The number of H-pyrrole nitrogens is 1. The molecule has 104 valence electrons. The first-order valence-electron chi connectivity index (χ1n) is 5.79. The number of carbonyl (C=O) groups excluding carboxylic acids is 2. The molecule has 0 saturated heterocycles. The molecule has 7 heteroatoms. The SMILES string of the molecule is CCOC(=O)C(C)(C)C(=O)Cn1ccc(=O)[nH]c1=O. The molecule has 0 aliphatic carbocycles. The molecule has 0 saturated carbocycles. The van der Waals surface area contributed by atoms with Crippen LogP contribution in [0.25, 0.3) is 0 Å². The highest BCUT2D eigenvalue weighted by Crippen LogP contribution is 2.19. The van der Waals surface area contributed by atoms with E-state index in [2.05, 4.69) is 0 Å². The summed E-state index contributed by atoms with van der Waals surface area (Å²) in [5.74, 6) is -1.11. The van der Waals surface area contributed by atoms with Crippen molar-refractivity contribution in [3.8, 4) is 0 Å². The molecule has 0 amide bonds. The van der Waals surface area contributed by atoms with Crippen LogP contribution in [0.4, 0.5) is 0 Å². The number of ketones is 1. The zero-order valence-electron chi connectivity index (χ0n) is 11.1. The van der Waals surface area contributed by atoms with Crippen molar-refractivity contribution >= 4 is 11.8 Å².